The molecule has 4 aromatic rings. The summed E-state index contributed by atoms with van der Waals surface area (Å²) in [6, 6.07) is 18.1. The number of aromatic amines is 1. The third kappa shape index (κ3) is 4.45. The number of morpholine rings is 1. The lowest BCUT2D eigenvalue weighted by atomic mass is 9.95. The van der Waals surface area contributed by atoms with Crippen molar-refractivity contribution >= 4 is 11.4 Å². The van der Waals surface area contributed by atoms with E-state index in [0.29, 0.717) is 13.2 Å². The van der Waals surface area contributed by atoms with Crippen molar-refractivity contribution in [3.05, 3.63) is 111 Å². The van der Waals surface area contributed by atoms with Crippen LogP contribution >= 0.6 is 0 Å². The Labute approximate surface area is 209 Å². The highest BCUT2D eigenvalue weighted by Crippen LogP contribution is 2.43. The molecule has 1 fully saturated rings. The van der Waals surface area contributed by atoms with Crippen LogP contribution in [0.4, 0.5) is 11.4 Å². The van der Waals surface area contributed by atoms with Crippen LogP contribution in [0.5, 0.6) is 11.5 Å². The molecular weight excluding hydrogens is 452 g/mol. The molecule has 0 spiro atoms. The number of fused-ring (bicyclic) bond motifs is 2. The molecule has 2 aromatic heterocycles. The Bertz CT molecular complexity index is 1470. The predicted octanol–water partition coefficient (Wildman–Crippen LogP) is 4.96. The van der Waals surface area contributed by atoms with Crippen molar-refractivity contribution in [2.45, 2.75) is 26.0 Å². The second-order valence-electron chi connectivity index (χ2n) is 9.31. The van der Waals surface area contributed by atoms with Crippen molar-refractivity contribution in [3.8, 4) is 11.5 Å². The highest BCUT2D eigenvalue weighted by Gasteiger charge is 2.28. The van der Waals surface area contributed by atoms with Crippen LogP contribution in [0, 0.1) is 6.92 Å². The van der Waals surface area contributed by atoms with Gasteiger partial charge in [-0.2, -0.15) is 0 Å². The average molecular weight is 481 g/mol. The van der Waals surface area contributed by atoms with Crippen LogP contribution in [-0.4, -0.2) is 29.7 Å². The number of rotatable bonds is 5. The fourth-order valence-corrected chi connectivity index (χ4v) is 4.95. The smallest absolute Gasteiger partial charge is 0.249 e. The van der Waals surface area contributed by atoms with Gasteiger partial charge in [-0.1, -0.05) is 18.2 Å². The van der Waals surface area contributed by atoms with Crippen LogP contribution in [0.25, 0.3) is 0 Å². The summed E-state index contributed by atoms with van der Waals surface area (Å²) in [5.41, 5.74) is 7.62. The first-order valence-electron chi connectivity index (χ1n) is 12.3. The van der Waals surface area contributed by atoms with E-state index < -0.39 is 0 Å². The summed E-state index contributed by atoms with van der Waals surface area (Å²) in [7, 11) is 0. The minimum atomic E-state index is -0.141. The van der Waals surface area contributed by atoms with Gasteiger partial charge in [0.15, 0.2) is 0 Å². The fourth-order valence-electron chi connectivity index (χ4n) is 4.95. The molecular formula is C29H28N4O3. The molecule has 0 aliphatic carbocycles. The predicted molar refractivity (Wildman–Crippen MR) is 140 cm³/mol. The molecule has 2 aliphatic heterocycles. The van der Waals surface area contributed by atoms with Crippen molar-refractivity contribution < 1.29 is 9.47 Å². The molecule has 36 heavy (non-hydrogen) atoms. The zero-order valence-corrected chi connectivity index (χ0v) is 20.2. The Balaban J connectivity index is 1.21. The van der Waals surface area contributed by atoms with Crippen LogP contribution in [-0.2, 0) is 17.7 Å². The minimum Gasteiger partial charge on any atom is -0.456 e. The van der Waals surface area contributed by atoms with Crippen molar-refractivity contribution in [2.75, 3.05) is 29.9 Å². The van der Waals surface area contributed by atoms with Crippen molar-refractivity contribution in [1.29, 1.82) is 0 Å². The van der Waals surface area contributed by atoms with Crippen LogP contribution < -0.4 is 20.5 Å². The van der Waals surface area contributed by atoms with Crippen molar-refractivity contribution in [3.63, 3.8) is 0 Å². The molecule has 2 aromatic carbocycles. The number of pyridine rings is 2. The van der Waals surface area contributed by atoms with Crippen molar-refractivity contribution in [2.24, 2.45) is 0 Å². The van der Waals surface area contributed by atoms with Crippen LogP contribution in [0.2, 0.25) is 0 Å². The van der Waals surface area contributed by atoms with Gasteiger partial charge in [0.2, 0.25) is 5.56 Å². The number of benzene rings is 2. The monoisotopic (exact) mass is 480 g/mol. The van der Waals surface area contributed by atoms with Gasteiger partial charge in [-0.05, 0) is 53.9 Å². The summed E-state index contributed by atoms with van der Waals surface area (Å²) >= 11 is 0. The van der Waals surface area contributed by atoms with Gasteiger partial charge in [-0.15, -0.1) is 0 Å². The maximum Gasteiger partial charge on any atom is 0.249 e. The van der Waals surface area contributed by atoms with Crippen LogP contribution in [0.3, 0.4) is 0 Å². The van der Waals surface area contributed by atoms with E-state index in [2.05, 4.69) is 57.4 Å². The molecule has 4 heterocycles. The van der Waals surface area contributed by atoms with Crippen molar-refractivity contribution in [1.82, 2.24) is 9.97 Å². The molecule has 0 bridgehead atoms. The van der Waals surface area contributed by atoms with Gasteiger partial charge in [0.25, 0.3) is 0 Å². The van der Waals surface area contributed by atoms with E-state index in [1.807, 2.05) is 30.6 Å². The molecule has 1 saturated heterocycles. The lowest BCUT2D eigenvalue weighted by Crippen LogP contribution is -2.39. The molecule has 7 heteroatoms. The average Bonchev–Trinajstić information content (AvgIpc) is 2.91. The van der Waals surface area contributed by atoms with Gasteiger partial charge in [0.1, 0.15) is 17.6 Å². The van der Waals surface area contributed by atoms with Gasteiger partial charge in [0.05, 0.1) is 6.61 Å². The summed E-state index contributed by atoms with van der Waals surface area (Å²) < 4.78 is 12.6. The first-order chi connectivity index (χ1) is 17.6. The zero-order valence-electron chi connectivity index (χ0n) is 20.2. The normalized spacial score (nSPS) is 16.6. The topological polar surface area (TPSA) is 79.5 Å². The van der Waals surface area contributed by atoms with Gasteiger partial charge < -0.3 is 24.7 Å². The second-order valence-corrected chi connectivity index (χ2v) is 9.31. The largest absolute Gasteiger partial charge is 0.456 e. The Morgan fingerprint density at radius 3 is 2.97 bits per heavy atom. The van der Waals surface area contributed by atoms with Gasteiger partial charge >= 0.3 is 0 Å². The standard InChI is InChI=1S/C29H28N4O3/c1-19-7-9-30-16-22(19)17-32-23-5-6-26-21(14-23)13-20-3-2-4-25(29(20)36-26)27-18-33(11-12-35-27)24-8-10-31-28(34)15-24/h2-10,14-16,27,32H,11-13,17-18H2,1H3,(H,31,34). The molecule has 7 nitrogen and oxygen atoms in total. The first kappa shape index (κ1) is 22.4. The van der Waals surface area contributed by atoms with Gasteiger partial charge in [0, 0.05) is 73.2 Å². The summed E-state index contributed by atoms with van der Waals surface area (Å²) in [6.07, 6.45) is 6.07. The molecule has 6 rings (SSSR count). The van der Waals surface area contributed by atoms with Gasteiger partial charge in [-0.3, -0.25) is 9.78 Å². The number of para-hydroxylation sites is 1. The lowest BCUT2D eigenvalue weighted by molar-refractivity contribution is 0.0384. The van der Waals surface area contributed by atoms with E-state index >= 15 is 0 Å². The van der Waals surface area contributed by atoms with E-state index in [-0.39, 0.29) is 11.7 Å². The molecule has 1 unspecified atom stereocenters. The Kier molecular flexibility index (Phi) is 5.91. The quantitative estimate of drug-likeness (QED) is 0.370. The third-order valence-corrected chi connectivity index (χ3v) is 6.95. The van der Waals surface area contributed by atoms with Gasteiger partial charge in [-0.25, -0.2) is 0 Å². The lowest BCUT2D eigenvalue weighted by Gasteiger charge is -2.36. The SMILES string of the molecule is Cc1ccncc1CNc1ccc2c(c1)Cc1cccc(C3CN(c4cc[nH]c(=O)c4)CCO3)c1O2. The molecule has 1 atom stereocenters. The Hall–Kier alpha value is -4.10. The molecule has 2 aliphatic rings. The number of aromatic nitrogens is 2. The summed E-state index contributed by atoms with van der Waals surface area (Å²) in [5.74, 6) is 1.76. The summed E-state index contributed by atoms with van der Waals surface area (Å²) in [4.78, 5) is 20.9. The Morgan fingerprint density at radius 1 is 1.14 bits per heavy atom. The molecule has 2 N–H and O–H groups in total. The molecule has 0 radical (unpaired) electrons. The number of H-pyrrole nitrogens is 1. The number of nitrogens with zero attached hydrogens (tertiary/aromatic N) is 2. The van der Waals surface area contributed by atoms with Crippen LogP contribution in [0.15, 0.2) is 78.0 Å². The zero-order chi connectivity index (χ0) is 24.5. The van der Waals surface area contributed by atoms with E-state index in [9.17, 15) is 4.79 Å². The minimum absolute atomic E-state index is 0.1000. The van der Waals surface area contributed by atoms with E-state index in [1.54, 1.807) is 12.3 Å². The summed E-state index contributed by atoms with van der Waals surface area (Å²) in [5, 5.41) is 3.52. The molecule has 0 saturated carbocycles. The molecule has 182 valence electrons. The highest BCUT2D eigenvalue weighted by molar-refractivity contribution is 5.59. The number of aryl methyl sites for hydroxylation is 1. The number of anilines is 2. The third-order valence-electron chi connectivity index (χ3n) is 6.95. The number of nitrogens with one attached hydrogen (secondary N) is 2. The van der Waals surface area contributed by atoms with Crippen LogP contribution in [0.1, 0.15) is 33.9 Å². The molecule has 0 amide bonds. The maximum atomic E-state index is 11.8. The number of hydrogen-bond donors (Lipinski definition) is 2. The maximum absolute atomic E-state index is 11.8. The first-order valence-corrected chi connectivity index (χ1v) is 12.3. The van der Waals surface area contributed by atoms with E-state index in [1.165, 1.54) is 11.1 Å². The Morgan fingerprint density at radius 2 is 2.08 bits per heavy atom. The second kappa shape index (κ2) is 9.51. The highest BCUT2D eigenvalue weighted by atomic mass is 16.5. The number of hydrogen-bond acceptors (Lipinski definition) is 6. The number of ether oxygens (including phenoxy) is 2. The van der Waals surface area contributed by atoms with E-state index in [0.717, 1.165) is 59.1 Å². The van der Waals surface area contributed by atoms with E-state index in [4.69, 9.17) is 9.47 Å². The summed E-state index contributed by atoms with van der Waals surface area (Å²) in [6.45, 7) is 4.81. The fraction of sp³-hybridized carbons (Fsp3) is 0.241.